The van der Waals surface area contributed by atoms with Crippen molar-refractivity contribution in [2.75, 3.05) is 5.32 Å². The van der Waals surface area contributed by atoms with Crippen molar-refractivity contribution in [3.8, 4) is 6.07 Å². The molecule has 0 saturated heterocycles. The molecule has 0 fully saturated rings. The summed E-state index contributed by atoms with van der Waals surface area (Å²) < 4.78 is 4.03. The Morgan fingerprint density at radius 2 is 2.16 bits per heavy atom. The Kier molecular flexibility index (Phi) is 3.78. The zero-order valence-corrected chi connectivity index (χ0v) is 11.0. The maximum Gasteiger partial charge on any atom is 0.340 e. The molecule has 0 amide bonds. The van der Waals surface area contributed by atoms with Crippen molar-refractivity contribution in [3.05, 3.63) is 46.6 Å². The van der Waals surface area contributed by atoms with Crippen LogP contribution in [0.15, 0.2) is 24.3 Å². The fourth-order valence-corrected chi connectivity index (χ4v) is 2.40. The van der Waals surface area contributed by atoms with Gasteiger partial charge in [-0.3, -0.25) is 0 Å². The fourth-order valence-electron chi connectivity index (χ4n) is 1.62. The fraction of sp³-hybridized carbons (Fsp3) is 0.154. The van der Waals surface area contributed by atoms with Crippen molar-refractivity contribution in [1.29, 1.82) is 5.26 Å². The first kappa shape index (κ1) is 13.1. The average molecular weight is 273 g/mol. The van der Waals surface area contributed by atoms with E-state index in [0.29, 0.717) is 22.8 Å². The molecule has 2 aromatic rings. The van der Waals surface area contributed by atoms with Gasteiger partial charge in [0, 0.05) is 6.54 Å². The number of carboxylic acid groups (broad SMARTS) is 1. The van der Waals surface area contributed by atoms with Gasteiger partial charge in [-0.05, 0) is 36.2 Å². The number of nitriles is 1. The summed E-state index contributed by atoms with van der Waals surface area (Å²) in [7, 11) is 0. The molecule has 0 aliphatic carbocycles. The van der Waals surface area contributed by atoms with Crippen LogP contribution in [0.2, 0.25) is 0 Å². The number of carbonyl (C=O) groups is 1. The zero-order chi connectivity index (χ0) is 13.8. The van der Waals surface area contributed by atoms with Gasteiger partial charge >= 0.3 is 5.97 Å². The van der Waals surface area contributed by atoms with Gasteiger partial charge in [-0.25, -0.2) is 4.79 Å². The lowest BCUT2D eigenvalue weighted by Crippen LogP contribution is -2.04. The largest absolute Gasteiger partial charge is 0.478 e. The molecule has 1 heterocycles. The minimum atomic E-state index is -0.978. The maximum absolute atomic E-state index is 11.1. The van der Waals surface area contributed by atoms with Crippen LogP contribution in [-0.2, 0) is 6.54 Å². The van der Waals surface area contributed by atoms with Crippen LogP contribution in [0.4, 0.5) is 5.00 Å². The molecule has 0 unspecified atom stereocenters. The highest BCUT2D eigenvalue weighted by atomic mass is 32.1. The van der Waals surface area contributed by atoms with E-state index in [4.69, 9.17) is 10.4 Å². The third kappa shape index (κ3) is 2.89. The third-order valence-electron chi connectivity index (χ3n) is 2.61. The number of anilines is 1. The van der Waals surface area contributed by atoms with Crippen LogP contribution >= 0.6 is 11.5 Å². The number of carboxylic acids is 1. The topological polar surface area (TPSA) is 86.0 Å². The van der Waals surface area contributed by atoms with Gasteiger partial charge in [0.15, 0.2) is 0 Å². The van der Waals surface area contributed by atoms with Gasteiger partial charge in [-0.15, -0.1) is 0 Å². The molecule has 0 aliphatic rings. The van der Waals surface area contributed by atoms with E-state index in [1.54, 1.807) is 19.1 Å². The van der Waals surface area contributed by atoms with E-state index in [0.717, 1.165) is 17.1 Å². The van der Waals surface area contributed by atoms with Crippen LogP contribution in [0.3, 0.4) is 0 Å². The number of aromatic nitrogens is 1. The predicted octanol–water partition coefficient (Wildman–Crippen LogP) is 2.63. The Labute approximate surface area is 114 Å². The Morgan fingerprint density at radius 3 is 2.74 bits per heavy atom. The highest BCUT2D eigenvalue weighted by molar-refractivity contribution is 7.10. The minimum absolute atomic E-state index is 0.221. The molecule has 1 aromatic carbocycles. The molecule has 0 radical (unpaired) electrons. The number of hydrogen-bond acceptors (Lipinski definition) is 5. The van der Waals surface area contributed by atoms with Crippen LogP contribution in [0, 0.1) is 18.3 Å². The molecule has 0 bridgehead atoms. The quantitative estimate of drug-likeness (QED) is 0.894. The molecular weight excluding hydrogens is 262 g/mol. The van der Waals surface area contributed by atoms with Crippen LogP contribution < -0.4 is 5.32 Å². The van der Waals surface area contributed by atoms with Gasteiger partial charge < -0.3 is 10.4 Å². The standard InChI is InChI=1S/C13H11N3O2S/c1-8-11(13(17)18)12(19-16-8)15-7-10-4-2-9(6-14)3-5-10/h2-5,15H,7H2,1H3,(H,17,18). The molecule has 0 spiro atoms. The summed E-state index contributed by atoms with van der Waals surface area (Å²) in [6, 6.07) is 9.17. The van der Waals surface area contributed by atoms with Crippen LogP contribution in [0.25, 0.3) is 0 Å². The summed E-state index contributed by atoms with van der Waals surface area (Å²) >= 11 is 1.14. The molecule has 2 rings (SSSR count). The van der Waals surface area contributed by atoms with Crippen molar-refractivity contribution in [1.82, 2.24) is 4.37 Å². The van der Waals surface area contributed by atoms with E-state index in [9.17, 15) is 4.79 Å². The maximum atomic E-state index is 11.1. The lowest BCUT2D eigenvalue weighted by Gasteiger charge is -2.05. The van der Waals surface area contributed by atoms with E-state index < -0.39 is 5.97 Å². The van der Waals surface area contributed by atoms with E-state index in [2.05, 4.69) is 9.69 Å². The molecule has 1 aromatic heterocycles. The van der Waals surface area contributed by atoms with Gasteiger partial charge in [-0.2, -0.15) is 9.64 Å². The van der Waals surface area contributed by atoms with E-state index in [-0.39, 0.29) is 5.56 Å². The second-order valence-corrected chi connectivity index (χ2v) is 4.71. The normalized spacial score (nSPS) is 9.89. The first-order valence-electron chi connectivity index (χ1n) is 5.54. The number of nitrogens with zero attached hydrogens (tertiary/aromatic N) is 2. The summed E-state index contributed by atoms with van der Waals surface area (Å²) in [5, 5.41) is 21.4. The Morgan fingerprint density at radius 1 is 1.47 bits per heavy atom. The lowest BCUT2D eigenvalue weighted by atomic mass is 10.1. The smallest absolute Gasteiger partial charge is 0.340 e. The summed E-state index contributed by atoms with van der Waals surface area (Å²) in [4.78, 5) is 11.1. The molecule has 6 heteroatoms. The van der Waals surface area contributed by atoms with Crippen molar-refractivity contribution >= 4 is 22.5 Å². The summed E-state index contributed by atoms with van der Waals surface area (Å²) in [5.41, 5.74) is 2.31. The van der Waals surface area contributed by atoms with Crippen molar-refractivity contribution < 1.29 is 9.90 Å². The molecule has 96 valence electrons. The van der Waals surface area contributed by atoms with Crippen molar-refractivity contribution in [2.24, 2.45) is 0 Å². The molecule has 0 saturated carbocycles. The first-order valence-corrected chi connectivity index (χ1v) is 6.31. The van der Waals surface area contributed by atoms with Crippen molar-refractivity contribution in [2.45, 2.75) is 13.5 Å². The second kappa shape index (κ2) is 5.50. The highest BCUT2D eigenvalue weighted by Gasteiger charge is 2.16. The first-order chi connectivity index (χ1) is 9.11. The Balaban J connectivity index is 2.10. The van der Waals surface area contributed by atoms with Crippen molar-refractivity contribution in [3.63, 3.8) is 0 Å². The lowest BCUT2D eigenvalue weighted by molar-refractivity contribution is 0.0697. The summed E-state index contributed by atoms with van der Waals surface area (Å²) in [6.45, 7) is 2.17. The van der Waals surface area contributed by atoms with Crippen LogP contribution in [0.1, 0.15) is 27.2 Å². The SMILES string of the molecule is Cc1nsc(NCc2ccc(C#N)cc2)c1C(=O)O. The zero-order valence-electron chi connectivity index (χ0n) is 10.2. The number of aromatic carboxylic acids is 1. The third-order valence-corrected chi connectivity index (χ3v) is 3.51. The Hall–Kier alpha value is -2.39. The number of aryl methyl sites for hydroxylation is 1. The summed E-state index contributed by atoms with van der Waals surface area (Å²) in [6.07, 6.45) is 0. The molecule has 19 heavy (non-hydrogen) atoms. The molecule has 2 N–H and O–H groups in total. The van der Waals surface area contributed by atoms with E-state index in [1.807, 2.05) is 18.2 Å². The predicted molar refractivity (Wildman–Crippen MR) is 72.3 cm³/mol. The summed E-state index contributed by atoms with van der Waals surface area (Å²) in [5.74, 6) is -0.978. The number of nitrogens with one attached hydrogen (secondary N) is 1. The monoisotopic (exact) mass is 273 g/mol. The number of benzene rings is 1. The van der Waals surface area contributed by atoms with Gasteiger partial charge in [0.1, 0.15) is 10.6 Å². The minimum Gasteiger partial charge on any atom is -0.478 e. The van der Waals surface area contributed by atoms with Gasteiger partial charge in [0.05, 0.1) is 17.3 Å². The van der Waals surface area contributed by atoms with Gasteiger partial charge in [-0.1, -0.05) is 12.1 Å². The second-order valence-electron chi connectivity index (χ2n) is 3.94. The molecule has 0 atom stereocenters. The van der Waals surface area contributed by atoms with Crippen LogP contribution in [0.5, 0.6) is 0 Å². The number of hydrogen-bond donors (Lipinski definition) is 2. The highest BCUT2D eigenvalue weighted by Crippen LogP contribution is 2.24. The van der Waals surface area contributed by atoms with Crippen LogP contribution in [-0.4, -0.2) is 15.4 Å². The van der Waals surface area contributed by atoms with E-state index >= 15 is 0 Å². The Bertz CT molecular complexity index is 641. The molecule has 5 nitrogen and oxygen atoms in total. The number of rotatable bonds is 4. The van der Waals surface area contributed by atoms with E-state index in [1.165, 1.54) is 0 Å². The molecule has 0 aliphatic heterocycles. The average Bonchev–Trinajstić information content (AvgIpc) is 2.78. The molecular formula is C13H11N3O2S. The van der Waals surface area contributed by atoms with Gasteiger partial charge in [0.25, 0.3) is 0 Å². The van der Waals surface area contributed by atoms with Gasteiger partial charge in [0.2, 0.25) is 0 Å².